The van der Waals surface area contributed by atoms with Gasteiger partial charge in [-0.2, -0.15) is 0 Å². The molecule has 29 heavy (non-hydrogen) atoms. The summed E-state index contributed by atoms with van der Waals surface area (Å²) in [6.07, 6.45) is 2.85. The van der Waals surface area contributed by atoms with E-state index in [0.717, 1.165) is 29.7 Å². The van der Waals surface area contributed by atoms with Crippen LogP contribution < -0.4 is 11.1 Å². The van der Waals surface area contributed by atoms with Crippen LogP contribution in [0.3, 0.4) is 0 Å². The number of aryl methyl sites for hydroxylation is 1. The van der Waals surface area contributed by atoms with Crippen molar-refractivity contribution in [2.24, 2.45) is 5.73 Å². The molecule has 1 atom stereocenters. The van der Waals surface area contributed by atoms with Crippen LogP contribution in [0.1, 0.15) is 52.0 Å². The molecule has 0 radical (unpaired) electrons. The molecule has 4 amide bonds. The molecule has 3 N–H and O–H groups in total. The zero-order valence-corrected chi connectivity index (χ0v) is 17.3. The molecule has 2 aliphatic heterocycles. The van der Waals surface area contributed by atoms with Crippen LogP contribution in [0.25, 0.3) is 0 Å². The van der Waals surface area contributed by atoms with Gasteiger partial charge in [-0.15, -0.1) is 12.4 Å². The Bertz CT molecular complexity index is 814. The zero-order chi connectivity index (χ0) is 20.3. The minimum absolute atomic E-state index is 0. The van der Waals surface area contributed by atoms with E-state index in [1.165, 1.54) is 0 Å². The smallest absolute Gasteiger partial charge is 0.262 e. The fourth-order valence-corrected chi connectivity index (χ4v) is 3.77. The van der Waals surface area contributed by atoms with Gasteiger partial charge in [0.15, 0.2) is 0 Å². The number of fused-ring (bicyclic) bond motifs is 1. The number of nitrogens with two attached hydrogens (primary N) is 1. The molecular formula is C20H27ClN4O4. The number of carbonyl (C=O) groups is 4. The molecule has 0 spiro atoms. The number of carbonyl (C=O) groups excluding carboxylic acids is 4. The van der Waals surface area contributed by atoms with Crippen LogP contribution in [0.4, 0.5) is 0 Å². The number of nitrogens with one attached hydrogen (secondary N) is 1. The van der Waals surface area contributed by atoms with Crippen LogP contribution in [-0.2, 0) is 9.59 Å². The fraction of sp³-hybridized carbons (Fsp3) is 0.500. The highest BCUT2D eigenvalue weighted by molar-refractivity contribution is 6.22. The average molecular weight is 423 g/mol. The first kappa shape index (κ1) is 22.8. The Morgan fingerprint density at radius 1 is 1.17 bits per heavy atom. The third-order valence-corrected chi connectivity index (χ3v) is 5.27. The number of amides is 4. The summed E-state index contributed by atoms with van der Waals surface area (Å²) in [7, 11) is 0. The van der Waals surface area contributed by atoms with Gasteiger partial charge < -0.3 is 16.0 Å². The summed E-state index contributed by atoms with van der Waals surface area (Å²) in [6.45, 7) is 2.75. The van der Waals surface area contributed by atoms with Gasteiger partial charge in [0, 0.05) is 32.1 Å². The summed E-state index contributed by atoms with van der Waals surface area (Å²) >= 11 is 0. The number of nitrogens with zero attached hydrogens (tertiary/aromatic N) is 2. The van der Waals surface area contributed by atoms with Crippen LogP contribution in [0.2, 0.25) is 0 Å². The topological polar surface area (TPSA) is 113 Å². The van der Waals surface area contributed by atoms with Crippen molar-refractivity contribution >= 4 is 36.0 Å². The molecule has 1 aromatic carbocycles. The maximum Gasteiger partial charge on any atom is 0.262 e. The first-order valence-corrected chi connectivity index (χ1v) is 9.65. The van der Waals surface area contributed by atoms with E-state index < -0.39 is 11.8 Å². The van der Waals surface area contributed by atoms with Gasteiger partial charge in [-0.25, -0.2) is 0 Å². The summed E-state index contributed by atoms with van der Waals surface area (Å²) in [5.41, 5.74) is 6.96. The summed E-state index contributed by atoms with van der Waals surface area (Å²) < 4.78 is 0. The number of imide groups is 1. The van der Waals surface area contributed by atoms with Gasteiger partial charge >= 0.3 is 0 Å². The summed E-state index contributed by atoms with van der Waals surface area (Å²) in [5, 5.41) is 2.81. The number of piperidine rings is 1. The molecule has 3 rings (SSSR count). The maximum atomic E-state index is 12.9. The highest BCUT2D eigenvalue weighted by Gasteiger charge is 2.38. The van der Waals surface area contributed by atoms with E-state index in [1.807, 2.05) is 6.92 Å². The van der Waals surface area contributed by atoms with Crippen LogP contribution in [0.5, 0.6) is 0 Å². The van der Waals surface area contributed by atoms with Crippen molar-refractivity contribution in [3.63, 3.8) is 0 Å². The summed E-state index contributed by atoms with van der Waals surface area (Å²) in [6, 6.07) is 4.95. The Balaban J connectivity index is 0.00000300. The molecule has 2 heterocycles. The van der Waals surface area contributed by atoms with E-state index in [2.05, 4.69) is 5.32 Å². The molecule has 1 saturated heterocycles. The molecule has 1 fully saturated rings. The van der Waals surface area contributed by atoms with Crippen LogP contribution >= 0.6 is 12.4 Å². The van der Waals surface area contributed by atoms with Crippen molar-refractivity contribution in [3.8, 4) is 0 Å². The van der Waals surface area contributed by atoms with Crippen LogP contribution in [-0.4, -0.2) is 65.6 Å². The molecule has 158 valence electrons. The van der Waals surface area contributed by atoms with Crippen molar-refractivity contribution in [3.05, 3.63) is 34.9 Å². The van der Waals surface area contributed by atoms with E-state index in [1.54, 1.807) is 23.1 Å². The molecule has 0 aromatic heterocycles. The summed E-state index contributed by atoms with van der Waals surface area (Å²) in [4.78, 5) is 52.5. The Morgan fingerprint density at radius 2 is 1.90 bits per heavy atom. The van der Waals surface area contributed by atoms with Gasteiger partial charge in [0.05, 0.1) is 11.1 Å². The van der Waals surface area contributed by atoms with E-state index in [4.69, 9.17) is 5.73 Å². The number of hydrogen-bond acceptors (Lipinski definition) is 5. The third-order valence-electron chi connectivity index (χ3n) is 5.27. The molecule has 1 aromatic rings. The van der Waals surface area contributed by atoms with E-state index >= 15 is 0 Å². The lowest BCUT2D eigenvalue weighted by Gasteiger charge is -2.36. The van der Waals surface area contributed by atoms with Crippen molar-refractivity contribution < 1.29 is 19.2 Å². The number of rotatable bonds is 6. The molecule has 1 unspecified atom stereocenters. The second kappa shape index (κ2) is 9.84. The van der Waals surface area contributed by atoms with Gasteiger partial charge in [-0.3, -0.25) is 24.1 Å². The van der Waals surface area contributed by atoms with Gasteiger partial charge in [0.1, 0.15) is 6.54 Å². The van der Waals surface area contributed by atoms with E-state index in [9.17, 15) is 19.2 Å². The monoisotopic (exact) mass is 422 g/mol. The lowest BCUT2D eigenvalue weighted by Crippen LogP contribution is -2.52. The fourth-order valence-electron chi connectivity index (χ4n) is 3.77. The Kier molecular flexibility index (Phi) is 7.75. The van der Waals surface area contributed by atoms with Crippen molar-refractivity contribution in [2.75, 3.05) is 26.2 Å². The predicted octanol–water partition coefficient (Wildman–Crippen LogP) is 0.859. The highest BCUT2D eigenvalue weighted by atomic mass is 35.5. The molecule has 8 nitrogen and oxygen atoms in total. The maximum absolute atomic E-state index is 12.9. The molecule has 2 aliphatic rings. The number of benzene rings is 1. The highest BCUT2D eigenvalue weighted by Crippen LogP contribution is 2.24. The van der Waals surface area contributed by atoms with Crippen LogP contribution in [0, 0.1) is 6.92 Å². The first-order chi connectivity index (χ1) is 13.4. The zero-order valence-electron chi connectivity index (χ0n) is 16.5. The lowest BCUT2D eigenvalue weighted by molar-refractivity contribution is -0.135. The molecular weight excluding hydrogens is 396 g/mol. The molecule has 0 saturated carbocycles. The minimum atomic E-state index is -0.432. The largest absolute Gasteiger partial charge is 0.354 e. The normalized spacial score (nSPS) is 18.3. The van der Waals surface area contributed by atoms with Gasteiger partial charge in [-0.1, -0.05) is 11.6 Å². The van der Waals surface area contributed by atoms with Crippen molar-refractivity contribution in [1.29, 1.82) is 0 Å². The van der Waals surface area contributed by atoms with Crippen molar-refractivity contribution in [2.45, 2.75) is 38.6 Å². The summed E-state index contributed by atoms with van der Waals surface area (Å²) in [5.74, 6) is -1.28. The molecule has 0 bridgehead atoms. The second-order valence-corrected chi connectivity index (χ2v) is 7.32. The number of hydrogen-bond donors (Lipinski definition) is 2. The average Bonchev–Trinajstić information content (AvgIpc) is 2.91. The van der Waals surface area contributed by atoms with Crippen LogP contribution in [0.15, 0.2) is 18.2 Å². The first-order valence-electron chi connectivity index (χ1n) is 9.65. The Labute approximate surface area is 176 Å². The quantitative estimate of drug-likeness (QED) is 0.660. The van der Waals surface area contributed by atoms with E-state index in [-0.39, 0.29) is 49.8 Å². The minimum Gasteiger partial charge on any atom is -0.354 e. The Hall–Kier alpha value is -2.45. The van der Waals surface area contributed by atoms with Gasteiger partial charge in [-0.05, 0) is 38.3 Å². The standard InChI is InChI=1S/C20H26N4O4.ClH/c1-13-5-6-15-16(10-13)20(28)24(19(15)27)12-18(26)23-9-3-2-4-14(23)11-22-17(25)7-8-21;/h5-6,10,14H,2-4,7-9,11-12,21H2,1H3,(H,22,25);1H. The molecule has 0 aliphatic carbocycles. The number of likely N-dealkylation sites (tertiary alicyclic amines) is 1. The number of halogens is 1. The lowest BCUT2D eigenvalue weighted by atomic mass is 10.0. The SMILES string of the molecule is Cc1ccc2c(c1)C(=O)N(CC(=O)N1CCCCC1CNC(=O)CCN)C2=O.Cl. The predicted molar refractivity (Wildman–Crippen MR) is 110 cm³/mol. The van der Waals surface area contributed by atoms with Gasteiger partial charge in [0.2, 0.25) is 11.8 Å². The molecule has 9 heteroatoms. The van der Waals surface area contributed by atoms with E-state index in [0.29, 0.717) is 24.2 Å². The Morgan fingerprint density at radius 3 is 2.62 bits per heavy atom. The van der Waals surface area contributed by atoms with Gasteiger partial charge in [0.25, 0.3) is 11.8 Å². The third kappa shape index (κ3) is 4.94. The van der Waals surface area contributed by atoms with Crippen molar-refractivity contribution in [1.82, 2.24) is 15.1 Å². The second-order valence-electron chi connectivity index (χ2n) is 7.32.